The molecular weight excluding hydrogens is 502 g/mol. The number of ketones is 1. The first-order valence-corrected chi connectivity index (χ1v) is 9.75. The van der Waals surface area contributed by atoms with Crippen molar-refractivity contribution in [2.45, 2.75) is 19.0 Å². The largest absolute Gasteiger partial charge is 0.506 e. The van der Waals surface area contributed by atoms with E-state index in [0.29, 0.717) is 0 Å². The molecule has 172 valence electrons. The summed E-state index contributed by atoms with van der Waals surface area (Å²) in [6.07, 6.45) is -5.30. The molecule has 0 aromatic heterocycles. The number of aryl methyl sites for hydroxylation is 1. The molecule has 1 amide bonds. The lowest BCUT2D eigenvalue weighted by Crippen LogP contribution is -2.37. The summed E-state index contributed by atoms with van der Waals surface area (Å²) in [5.74, 6) is -6.28. The highest BCUT2D eigenvalue weighted by Crippen LogP contribution is 2.41. The number of nitrogens with one attached hydrogen (secondary N) is 1. The lowest BCUT2D eigenvalue weighted by Gasteiger charge is -2.14. The molecule has 32 heavy (non-hydrogen) atoms. The Morgan fingerprint density at radius 1 is 0.969 bits per heavy atom. The number of carboxylic acids is 1. The van der Waals surface area contributed by atoms with E-state index in [2.05, 4.69) is 0 Å². The van der Waals surface area contributed by atoms with E-state index in [9.17, 15) is 42.9 Å². The van der Waals surface area contributed by atoms with Crippen molar-refractivity contribution in [3.8, 4) is 11.5 Å². The predicted octanol–water partition coefficient (Wildman–Crippen LogP) is 4.60. The molecule has 7 nitrogen and oxygen atoms in total. The van der Waals surface area contributed by atoms with Crippen molar-refractivity contribution >= 4 is 52.5 Å². The van der Waals surface area contributed by atoms with Gasteiger partial charge in [-0.15, -0.1) is 0 Å². The fourth-order valence-electron chi connectivity index (χ4n) is 2.74. The second-order valence-corrected chi connectivity index (χ2v) is 7.56. The van der Waals surface area contributed by atoms with E-state index in [1.807, 2.05) is 0 Å². The number of phenolic OH excluding ortho intramolecular Hbond substituents is 2. The van der Waals surface area contributed by atoms with Crippen LogP contribution < -0.4 is 5.32 Å². The molecule has 0 saturated carbocycles. The van der Waals surface area contributed by atoms with Crippen molar-refractivity contribution in [2.75, 3.05) is 6.54 Å². The van der Waals surface area contributed by atoms with Gasteiger partial charge in [0.1, 0.15) is 16.5 Å². The number of hydrogen-bond donors (Lipinski definition) is 4. The number of rotatable bonds is 7. The van der Waals surface area contributed by atoms with Gasteiger partial charge in [-0.1, -0.05) is 34.8 Å². The van der Waals surface area contributed by atoms with Crippen LogP contribution in [-0.2, 0) is 11.2 Å². The van der Waals surface area contributed by atoms with E-state index in [4.69, 9.17) is 34.8 Å². The normalized spacial score (nSPS) is 11.3. The molecule has 2 rings (SSSR count). The average Bonchev–Trinajstić information content (AvgIpc) is 2.70. The molecule has 0 unspecified atom stereocenters. The lowest BCUT2D eigenvalue weighted by atomic mass is 9.94. The van der Waals surface area contributed by atoms with Crippen molar-refractivity contribution in [1.29, 1.82) is 0 Å². The van der Waals surface area contributed by atoms with Gasteiger partial charge < -0.3 is 20.6 Å². The molecule has 0 heterocycles. The van der Waals surface area contributed by atoms with Crippen molar-refractivity contribution in [3.63, 3.8) is 0 Å². The summed E-state index contributed by atoms with van der Waals surface area (Å²) in [5.41, 5.74) is -1.72. The summed E-state index contributed by atoms with van der Waals surface area (Å²) < 4.78 is 36.7. The number of aromatic carboxylic acids is 1. The quantitative estimate of drug-likeness (QED) is 0.316. The molecule has 2 aromatic carbocycles. The van der Waals surface area contributed by atoms with Gasteiger partial charge in [0.25, 0.3) is 0 Å². The molecule has 0 bridgehead atoms. The van der Waals surface area contributed by atoms with E-state index in [1.54, 1.807) is 5.32 Å². The van der Waals surface area contributed by atoms with Gasteiger partial charge in [0.05, 0.1) is 26.7 Å². The molecule has 0 radical (unpaired) electrons. The minimum absolute atomic E-state index is 0.0487. The van der Waals surface area contributed by atoms with Gasteiger partial charge in [-0.05, 0) is 36.6 Å². The van der Waals surface area contributed by atoms with Crippen LogP contribution in [0.1, 0.15) is 38.3 Å². The minimum Gasteiger partial charge on any atom is -0.506 e. The number of benzene rings is 2. The average molecular weight is 515 g/mol. The molecule has 2 aromatic rings. The standard InChI is InChI=1S/C19H13Cl3F3NO6/c20-9-3-4-10(21)12(17(30)31)11(9)15(28)8-6-7(14(27)13(22)16(8)29)2-1-5-26-18(32)19(23,24)25/h3-4,6,27,29H,1-2,5H2,(H,26,32)(H,30,31). The molecule has 0 atom stereocenters. The van der Waals surface area contributed by atoms with Crippen molar-refractivity contribution in [3.05, 3.63) is 55.5 Å². The third kappa shape index (κ3) is 5.37. The summed E-state index contributed by atoms with van der Waals surface area (Å²) in [6, 6.07) is 3.33. The first-order valence-electron chi connectivity index (χ1n) is 8.61. The van der Waals surface area contributed by atoms with Crippen LogP contribution in [0.15, 0.2) is 18.2 Å². The maximum absolute atomic E-state index is 13.0. The molecule has 4 N–H and O–H groups in total. The van der Waals surface area contributed by atoms with Crippen LogP contribution in [0.3, 0.4) is 0 Å². The van der Waals surface area contributed by atoms with Crippen LogP contribution in [-0.4, -0.2) is 45.7 Å². The fraction of sp³-hybridized carbons (Fsp3) is 0.211. The van der Waals surface area contributed by atoms with E-state index in [-0.39, 0.29) is 28.5 Å². The molecule has 13 heteroatoms. The molecule has 0 aliphatic carbocycles. The highest BCUT2D eigenvalue weighted by molar-refractivity contribution is 6.40. The number of carbonyl (C=O) groups is 3. The van der Waals surface area contributed by atoms with Crippen molar-refractivity contribution in [2.24, 2.45) is 0 Å². The number of alkyl halides is 3. The smallest absolute Gasteiger partial charge is 0.471 e. The Labute approximate surface area is 193 Å². The van der Waals surface area contributed by atoms with Crippen LogP contribution in [0, 0.1) is 0 Å². The number of carbonyl (C=O) groups excluding carboxylic acids is 2. The third-order valence-electron chi connectivity index (χ3n) is 4.25. The SMILES string of the molecule is O=C(O)c1c(Cl)ccc(Cl)c1C(=O)c1cc(CCCNC(=O)C(F)(F)F)c(O)c(Cl)c1O. The molecule has 0 saturated heterocycles. The second-order valence-electron chi connectivity index (χ2n) is 6.37. The Hall–Kier alpha value is -2.69. The Bertz CT molecular complexity index is 1100. The summed E-state index contributed by atoms with van der Waals surface area (Å²) in [7, 11) is 0. The number of phenols is 2. The lowest BCUT2D eigenvalue weighted by molar-refractivity contribution is -0.173. The van der Waals surface area contributed by atoms with E-state index in [0.717, 1.165) is 12.1 Å². The summed E-state index contributed by atoms with van der Waals surface area (Å²) >= 11 is 17.7. The zero-order valence-corrected chi connectivity index (χ0v) is 18.0. The summed E-state index contributed by atoms with van der Waals surface area (Å²) in [5, 5.41) is 30.2. The van der Waals surface area contributed by atoms with Gasteiger partial charge in [-0.2, -0.15) is 13.2 Å². The number of carboxylic acid groups (broad SMARTS) is 1. The predicted molar refractivity (Wildman–Crippen MR) is 109 cm³/mol. The molecule has 0 spiro atoms. The Morgan fingerprint density at radius 2 is 1.53 bits per heavy atom. The summed E-state index contributed by atoms with van der Waals surface area (Å²) in [4.78, 5) is 35.4. The molecule has 0 aliphatic heterocycles. The van der Waals surface area contributed by atoms with Crippen LogP contribution in [0.4, 0.5) is 13.2 Å². The topological polar surface area (TPSA) is 124 Å². The molecular formula is C19H13Cl3F3NO6. The van der Waals surface area contributed by atoms with Gasteiger partial charge in [-0.25, -0.2) is 4.79 Å². The third-order valence-corrected chi connectivity index (χ3v) is 5.24. The Morgan fingerprint density at radius 3 is 2.06 bits per heavy atom. The van der Waals surface area contributed by atoms with E-state index < -0.39 is 63.6 Å². The van der Waals surface area contributed by atoms with E-state index >= 15 is 0 Å². The zero-order valence-electron chi connectivity index (χ0n) is 15.7. The number of aromatic hydroxyl groups is 2. The van der Waals surface area contributed by atoms with Crippen LogP contribution in [0.5, 0.6) is 11.5 Å². The van der Waals surface area contributed by atoms with Gasteiger partial charge in [0.15, 0.2) is 5.78 Å². The zero-order chi connectivity index (χ0) is 24.4. The second kappa shape index (κ2) is 9.85. The maximum atomic E-state index is 13.0. The molecule has 0 fully saturated rings. The van der Waals surface area contributed by atoms with Gasteiger partial charge >= 0.3 is 18.1 Å². The first kappa shape index (κ1) is 25.6. The monoisotopic (exact) mass is 513 g/mol. The van der Waals surface area contributed by atoms with Crippen LogP contribution >= 0.6 is 34.8 Å². The van der Waals surface area contributed by atoms with E-state index in [1.165, 1.54) is 6.07 Å². The highest BCUT2D eigenvalue weighted by atomic mass is 35.5. The maximum Gasteiger partial charge on any atom is 0.471 e. The number of amides is 1. The Kier molecular flexibility index (Phi) is 7.87. The van der Waals surface area contributed by atoms with Crippen molar-refractivity contribution in [1.82, 2.24) is 5.32 Å². The minimum atomic E-state index is -5.05. The first-order chi connectivity index (χ1) is 14.8. The van der Waals surface area contributed by atoms with Gasteiger partial charge in [0.2, 0.25) is 0 Å². The fourth-order valence-corrected chi connectivity index (χ4v) is 3.45. The summed E-state index contributed by atoms with van der Waals surface area (Å²) in [6.45, 7) is -0.414. The number of hydrogen-bond acceptors (Lipinski definition) is 5. The Balaban J connectivity index is 2.40. The van der Waals surface area contributed by atoms with Crippen LogP contribution in [0.2, 0.25) is 15.1 Å². The number of halogens is 6. The molecule has 0 aliphatic rings. The highest BCUT2D eigenvalue weighted by Gasteiger charge is 2.38. The van der Waals surface area contributed by atoms with Gasteiger partial charge in [-0.3, -0.25) is 9.59 Å². The van der Waals surface area contributed by atoms with Gasteiger partial charge in [0, 0.05) is 6.54 Å². The van der Waals surface area contributed by atoms with Crippen LogP contribution in [0.25, 0.3) is 0 Å². The van der Waals surface area contributed by atoms with Crippen molar-refractivity contribution < 1.29 is 42.9 Å².